The Morgan fingerprint density at radius 3 is 1.81 bits per heavy atom. The normalized spacial score (nSPS) is 11.0. The number of hydrogen-bond acceptors (Lipinski definition) is 1. The van der Waals surface area contributed by atoms with Crippen molar-refractivity contribution in [1.29, 1.82) is 0 Å². The molecule has 0 aliphatic carbocycles. The van der Waals surface area contributed by atoms with Crippen LogP contribution in [0.15, 0.2) is 72.8 Å². The summed E-state index contributed by atoms with van der Waals surface area (Å²) in [6, 6.07) is 22.9. The largest absolute Gasteiger partial charge is 0.232 e. The minimum absolute atomic E-state index is 0.486. The molecule has 0 radical (unpaired) electrons. The molecule has 0 unspecified atom stereocenters. The molecule has 0 aliphatic rings. The lowest BCUT2D eigenvalue weighted by Gasteiger charge is -2.08. The molecule has 1 heterocycles. The summed E-state index contributed by atoms with van der Waals surface area (Å²) in [5, 5.41) is 6.78. The summed E-state index contributed by atoms with van der Waals surface area (Å²) in [5.41, 5.74) is 4.39. The van der Waals surface area contributed by atoms with Crippen molar-refractivity contribution in [3.8, 4) is 28.2 Å². The average molecular weight is 434 g/mol. The summed E-state index contributed by atoms with van der Waals surface area (Å²) >= 11 is 24.5. The molecule has 0 N–H and O–H groups in total. The maximum absolute atomic E-state index is 6.23. The van der Waals surface area contributed by atoms with Gasteiger partial charge in [-0.3, -0.25) is 0 Å². The highest BCUT2D eigenvalue weighted by Gasteiger charge is 2.15. The van der Waals surface area contributed by atoms with Crippen molar-refractivity contribution in [2.75, 3.05) is 0 Å². The Kier molecular flexibility index (Phi) is 5.16. The van der Waals surface area contributed by atoms with Gasteiger partial charge in [0.2, 0.25) is 0 Å². The highest BCUT2D eigenvalue weighted by molar-refractivity contribution is 6.42. The molecule has 0 amide bonds. The second-order valence-electron chi connectivity index (χ2n) is 5.92. The average Bonchev–Trinajstić information content (AvgIpc) is 3.12. The van der Waals surface area contributed by atoms with Gasteiger partial charge in [-0.15, -0.1) is 0 Å². The van der Waals surface area contributed by atoms with Gasteiger partial charge in [0, 0.05) is 11.1 Å². The topological polar surface area (TPSA) is 17.8 Å². The first-order valence-electron chi connectivity index (χ1n) is 8.09. The third-order valence-electron chi connectivity index (χ3n) is 4.14. The predicted molar refractivity (Wildman–Crippen MR) is 114 cm³/mol. The van der Waals surface area contributed by atoms with Crippen LogP contribution in [0.5, 0.6) is 0 Å². The molecular formula is C21H12Cl4N2. The molecule has 3 aromatic carbocycles. The number of nitrogens with zero attached hydrogens (tertiary/aromatic N) is 2. The van der Waals surface area contributed by atoms with Crippen LogP contribution in [0.2, 0.25) is 20.1 Å². The van der Waals surface area contributed by atoms with Gasteiger partial charge in [-0.25, -0.2) is 4.68 Å². The van der Waals surface area contributed by atoms with Gasteiger partial charge < -0.3 is 0 Å². The zero-order valence-corrected chi connectivity index (χ0v) is 16.9. The lowest BCUT2D eigenvalue weighted by molar-refractivity contribution is 0.892. The van der Waals surface area contributed by atoms with Gasteiger partial charge in [-0.05, 0) is 42.5 Å². The molecule has 0 bridgehead atoms. The van der Waals surface area contributed by atoms with Crippen LogP contribution in [-0.2, 0) is 0 Å². The van der Waals surface area contributed by atoms with E-state index in [1.54, 1.807) is 18.2 Å². The van der Waals surface area contributed by atoms with E-state index in [9.17, 15) is 0 Å². The first-order valence-corrected chi connectivity index (χ1v) is 9.60. The van der Waals surface area contributed by atoms with E-state index in [0.717, 1.165) is 28.2 Å². The molecule has 6 heteroatoms. The molecular weight excluding hydrogens is 422 g/mol. The minimum Gasteiger partial charge on any atom is -0.232 e. The molecule has 0 spiro atoms. The van der Waals surface area contributed by atoms with E-state index in [2.05, 4.69) is 0 Å². The van der Waals surface area contributed by atoms with E-state index in [1.807, 2.05) is 59.3 Å². The van der Waals surface area contributed by atoms with E-state index in [4.69, 9.17) is 51.5 Å². The van der Waals surface area contributed by atoms with E-state index < -0.39 is 0 Å². The standard InChI is InChI=1S/C21H12Cl4N2/c22-16-8-6-13(10-18(16)24)20-12-21(14-7-9-17(23)19(25)11-14)27(26-20)15-4-2-1-3-5-15/h1-12H. The zero-order chi connectivity index (χ0) is 19.0. The Hall–Kier alpha value is -1.97. The molecule has 0 fully saturated rings. The van der Waals surface area contributed by atoms with Crippen molar-refractivity contribution in [3.63, 3.8) is 0 Å². The van der Waals surface area contributed by atoms with E-state index in [0.29, 0.717) is 20.1 Å². The molecule has 4 aromatic rings. The number of para-hydroxylation sites is 1. The molecule has 1 aromatic heterocycles. The van der Waals surface area contributed by atoms with Crippen LogP contribution in [0, 0.1) is 0 Å². The van der Waals surface area contributed by atoms with Crippen LogP contribution in [0.25, 0.3) is 28.2 Å². The van der Waals surface area contributed by atoms with Gasteiger partial charge in [0.1, 0.15) is 0 Å². The Morgan fingerprint density at radius 2 is 1.19 bits per heavy atom. The Morgan fingerprint density at radius 1 is 0.593 bits per heavy atom. The first kappa shape index (κ1) is 18.4. The van der Waals surface area contributed by atoms with Crippen LogP contribution in [-0.4, -0.2) is 9.78 Å². The molecule has 134 valence electrons. The Bertz CT molecular complexity index is 1120. The van der Waals surface area contributed by atoms with Gasteiger partial charge in [-0.1, -0.05) is 76.7 Å². The van der Waals surface area contributed by atoms with Crippen LogP contribution in [0.1, 0.15) is 0 Å². The van der Waals surface area contributed by atoms with Crippen LogP contribution in [0.3, 0.4) is 0 Å². The van der Waals surface area contributed by atoms with Crippen LogP contribution >= 0.6 is 46.4 Å². The molecule has 2 nitrogen and oxygen atoms in total. The van der Waals surface area contributed by atoms with Gasteiger partial charge in [-0.2, -0.15) is 5.10 Å². The van der Waals surface area contributed by atoms with Crippen molar-refractivity contribution < 1.29 is 0 Å². The number of rotatable bonds is 3. The molecule has 0 saturated heterocycles. The highest BCUT2D eigenvalue weighted by atomic mass is 35.5. The van der Waals surface area contributed by atoms with Gasteiger partial charge in [0.25, 0.3) is 0 Å². The number of halogens is 4. The van der Waals surface area contributed by atoms with Crippen LogP contribution in [0.4, 0.5) is 0 Å². The third-order valence-corrected chi connectivity index (χ3v) is 5.62. The highest BCUT2D eigenvalue weighted by Crippen LogP contribution is 2.34. The van der Waals surface area contributed by atoms with Crippen LogP contribution < -0.4 is 0 Å². The van der Waals surface area contributed by atoms with Gasteiger partial charge in [0.05, 0.1) is 37.2 Å². The second kappa shape index (κ2) is 7.57. The predicted octanol–water partition coefficient (Wildman–Crippen LogP) is 7.82. The molecule has 0 aliphatic heterocycles. The fraction of sp³-hybridized carbons (Fsp3) is 0. The number of hydrogen-bond donors (Lipinski definition) is 0. The van der Waals surface area contributed by atoms with E-state index in [-0.39, 0.29) is 0 Å². The van der Waals surface area contributed by atoms with Crippen molar-refractivity contribution in [3.05, 3.63) is 92.9 Å². The molecule has 4 rings (SSSR count). The Balaban J connectivity index is 1.92. The summed E-state index contributed by atoms with van der Waals surface area (Å²) in [5.74, 6) is 0. The van der Waals surface area contributed by atoms with E-state index in [1.165, 1.54) is 0 Å². The second-order valence-corrected chi connectivity index (χ2v) is 7.55. The number of benzene rings is 3. The monoisotopic (exact) mass is 432 g/mol. The maximum Gasteiger partial charge on any atom is 0.0934 e. The number of aromatic nitrogens is 2. The summed E-state index contributed by atoms with van der Waals surface area (Å²) in [6.45, 7) is 0. The van der Waals surface area contributed by atoms with Crippen molar-refractivity contribution in [1.82, 2.24) is 9.78 Å². The molecule has 0 saturated carbocycles. The molecule has 0 atom stereocenters. The lowest BCUT2D eigenvalue weighted by atomic mass is 10.1. The fourth-order valence-corrected chi connectivity index (χ4v) is 3.40. The van der Waals surface area contributed by atoms with E-state index >= 15 is 0 Å². The van der Waals surface area contributed by atoms with Crippen molar-refractivity contribution >= 4 is 46.4 Å². The minimum atomic E-state index is 0.486. The fourth-order valence-electron chi connectivity index (χ4n) is 2.80. The Labute approximate surface area is 176 Å². The van der Waals surface area contributed by atoms with Gasteiger partial charge in [0.15, 0.2) is 0 Å². The summed E-state index contributed by atoms with van der Waals surface area (Å²) in [7, 11) is 0. The lowest BCUT2D eigenvalue weighted by Crippen LogP contribution is -1.99. The summed E-state index contributed by atoms with van der Waals surface area (Å²) in [6.07, 6.45) is 0. The van der Waals surface area contributed by atoms with Gasteiger partial charge >= 0.3 is 0 Å². The quantitative estimate of drug-likeness (QED) is 0.322. The smallest absolute Gasteiger partial charge is 0.0934 e. The van der Waals surface area contributed by atoms with Crippen molar-refractivity contribution in [2.45, 2.75) is 0 Å². The van der Waals surface area contributed by atoms with Crippen molar-refractivity contribution in [2.24, 2.45) is 0 Å². The maximum atomic E-state index is 6.23. The first-order chi connectivity index (χ1) is 13.0. The summed E-state index contributed by atoms with van der Waals surface area (Å²) < 4.78 is 1.87. The third kappa shape index (κ3) is 3.71. The molecule has 27 heavy (non-hydrogen) atoms. The SMILES string of the molecule is Clc1ccc(-c2cc(-c3ccc(Cl)c(Cl)c3)n(-c3ccccc3)n2)cc1Cl. The summed E-state index contributed by atoms with van der Waals surface area (Å²) in [4.78, 5) is 0. The zero-order valence-electron chi connectivity index (χ0n) is 13.8.